The molecule has 2 N–H and O–H groups in total. The van der Waals surface area contributed by atoms with Crippen LogP contribution in [0.2, 0.25) is 0 Å². The standard InChI is InChI=1S/C22H32N2O2/c1-5-16-12-24-10-9-22(25)20-14(2)7-6-8-18(20)23-21(22)19(24)11-17(16)15(3)13-26-4/h6-8,13,16-17,19,21,23,25H,5,9-12H2,1-4H3/b15-13-/t16-,17-,19+,21?,22+/m1/s1. The van der Waals surface area contributed by atoms with E-state index >= 15 is 0 Å². The Labute approximate surface area is 157 Å². The number of aryl methyl sites for hydroxylation is 1. The Kier molecular flexibility index (Phi) is 4.52. The molecular formula is C22H32N2O2. The van der Waals surface area contributed by atoms with Crippen LogP contribution in [0.4, 0.5) is 5.69 Å². The van der Waals surface area contributed by atoms with E-state index in [1.165, 1.54) is 17.6 Å². The van der Waals surface area contributed by atoms with Gasteiger partial charge in [-0.2, -0.15) is 0 Å². The number of piperidine rings is 2. The molecule has 0 spiro atoms. The van der Waals surface area contributed by atoms with Gasteiger partial charge >= 0.3 is 0 Å². The average molecular weight is 357 g/mol. The van der Waals surface area contributed by atoms with Crippen molar-refractivity contribution < 1.29 is 9.84 Å². The second-order valence-corrected chi connectivity index (χ2v) is 8.46. The van der Waals surface area contributed by atoms with Gasteiger partial charge in [-0.15, -0.1) is 0 Å². The quantitative estimate of drug-likeness (QED) is 0.812. The van der Waals surface area contributed by atoms with E-state index < -0.39 is 5.60 Å². The Morgan fingerprint density at radius 1 is 1.46 bits per heavy atom. The largest absolute Gasteiger partial charge is 0.504 e. The van der Waals surface area contributed by atoms with Gasteiger partial charge in [0.25, 0.3) is 0 Å². The first-order valence-electron chi connectivity index (χ1n) is 10.0. The monoisotopic (exact) mass is 356 g/mol. The van der Waals surface area contributed by atoms with Crippen LogP contribution in [0.3, 0.4) is 0 Å². The normalized spacial score (nSPS) is 36.7. The summed E-state index contributed by atoms with van der Waals surface area (Å²) in [4.78, 5) is 2.62. The maximum atomic E-state index is 11.7. The molecule has 2 saturated heterocycles. The number of hydrogen-bond acceptors (Lipinski definition) is 4. The summed E-state index contributed by atoms with van der Waals surface area (Å²) < 4.78 is 5.32. The molecule has 4 rings (SSSR count). The van der Waals surface area contributed by atoms with Crippen molar-refractivity contribution in [1.29, 1.82) is 0 Å². The lowest BCUT2D eigenvalue weighted by molar-refractivity contribution is -0.0810. The van der Waals surface area contributed by atoms with Gasteiger partial charge in [0, 0.05) is 30.4 Å². The summed E-state index contributed by atoms with van der Waals surface area (Å²) in [5.41, 5.74) is 4.03. The van der Waals surface area contributed by atoms with Crippen LogP contribution in [0.1, 0.15) is 44.2 Å². The van der Waals surface area contributed by atoms with Crippen molar-refractivity contribution in [3.8, 4) is 0 Å². The number of nitrogens with one attached hydrogen (secondary N) is 1. The van der Waals surface area contributed by atoms with Crippen LogP contribution in [0.5, 0.6) is 0 Å². The summed E-state index contributed by atoms with van der Waals surface area (Å²) >= 11 is 0. The lowest BCUT2D eigenvalue weighted by atomic mass is 9.69. The van der Waals surface area contributed by atoms with Gasteiger partial charge in [0.1, 0.15) is 5.60 Å². The van der Waals surface area contributed by atoms with Crippen molar-refractivity contribution in [3.05, 3.63) is 41.2 Å². The predicted molar refractivity (Wildman–Crippen MR) is 105 cm³/mol. The van der Waals surface area contributed by atoms with E-state index in [1.807, 2.05) is 6.26 Å². The molecule has 0 saturated carbocycles. The molecule has 0 amide bonds. The summed E-state index contributed by atoms with van der Waals surface area (Å²) in [5, 5.41) is 15.4. The second-order valence-electron chi connectivity index (χ2n) is 8.46. The van der Waals surface area contributed by atoms with Crippen molar-refractivity contribution in [3.63, 3.8) is 0 Å². The molecule has 4 heteroatoms. The first kappa shape index (κ1) is 17.9. The predicted octanol–water partition coefficient (Wildman–Crippen LogP) is 3.65. The Balaban J connectivity index is 1.67. The zero-order valence-corrected chi connectivity index (χ0v) is 16.5. The number of allylic oxidation sites excluding steroid dienone is 1. The van der Waals surface area contributed by atoms with Crippen LogP contribution in [0.15, 0.2) is 30.0 Å². The highest BCUT2D eigenvalue weighted by Crippen LogP contribution is 2.51. The third kappa shape index (κ3) is 2.57. The minimum atomic E-state index is -0.746. The lowest BCUT2D eigenvalue weighted by Gasteiger charge is -2.53. The van der Waals surface area contributed by atoms with Crippen molar-refractivity contribution >= 4 is 5.69 Å². The Morgan fingerprint density at radius 3 is 3.00 bits per heavy atom. The Hall–Kier alpha value is -1.52. The van der Waals surface area contributed by atoms with Crippen molar-refractivity contribution in [2.45, 2.75) is 57.7 Å². The van der Waals surface area contributed by atoms with Crippen LogP contribution in [-0.4, -0.2) is 42.3 Å². The van der Waals surface area contributed by atoms with Crippen LogP contribution in [0, 0.1) is 18.8 Å². The molecule has 1 unspecified atom stereocenters. The second kappa shape index (κ2) is 6.58. The molecule has 3 heterocycles. The molecule has 3 aliphatic heterocycles. The molecule has 0 aliphatic carbocycles. The number of aliphatic hydroxyl groups is 1. The van der Waals surface area contributed by atoms with E-state index in [-0.39, 0.29) is 6.04 Å². The highest BCUT2D eigenvalue weighted by molar-refractivity contribution is 5.64. The maximum Gasteiger partial charge on any atom is 0.115 e. The average Bonchev–Trinajstić information content (AvgIpc) is 2.95. The van der Waals surface area contributed by atoms with E-state index in [1.54, 1.807) is 7.11 Å². The molecule has 0 bridgehead atoms. The van der Waals surface area contributed by atoms with Gasteiger partial charge in [-0.05, 0) is 55.7 Å². The third-order valence-corrected chi connectivity index (χ3v) is 7.11. The topological polar surface area (TPSA) is 44.7 Å². The molecule has 2 fully saturated rings. The molecular weight excluding hydrogens is 324 g/mol. The van der Waals surface area contributed by atoms with E-state index in [0.717, 1.165) is 37.2 Å². The van der Waals surface area contributed by atoms with Gasteiger partial charge in [0.15, 0.2) is 0 Å². The summed E-state index contributed by atoms with van der Waals surface area (Å²) in [7, 11) is 1.73. The van der Waals surface area contributed by atoms with Gasteiger partial charge in [0.05, 0.1) is 19.4 Å². The number of rotatable bonds is 3. The summed E-state index contributed by atoms with van der Waals surface area (Å²) in [6, 6.07) is 6.75. The van der Waals surface area contributed by atoms with E-state index in [9.17, 15) is 5.11 Å². The molecule has 1 aromatic rings. The van der Waals surface area contributed by atoms with Crippen LogP contribution in [0.25, 0.3) is 0 Å². The molecule has 26 heavy (non-hydrogen) atoms. The van der Waals surface area contributed by atoms with Gasteiger partial charge in [-0.3, -0.25) is 4.90 Å². The maximum absolute atomic E-state index is 11.7. The minimum Gasteiger partial charge on any atom is -0.504 e. The van der Waals surface area contributed by atoms with E-state index in [0.29, 0.717) is 17.9 Å². The van der Waals surface area contributed by atoms with Gasteiger partial charge < -0.3 is 15.2 Å². The molecule has 4 nitrogen and oxygen atoms in total. The van der Waals surface area contributed by atoms with E-state index in [2.05, 4.69) is 49.2 Å². The smallest absolute Gasteiger partial charge is 0.115 e. The molecule has 1 aromatic carbocycles. The molecule has 142 valence electrons. The molecule has 0 radical (unpaired) electrons. The fraction of sp³-hybridized carbons (Fsp3) is 0.636. The fourth-order valence-electron chi connectivity index (χ4n) is 5.83. The van der Waals surface area contributed by atoms with Crippen molar-refractivity contribution in [2.24, 2.45) is 11.8 Å². The lowest BCUT2D eigenvalue weighted by Crippen LogP contribution is -2.63. The number of anilines is 1. The number of fused-ring (bicyclic) bond motifs is 5. The highest BCUT2D eigenvalue weighted by atomic mass is 16.5. The van der Waals surface area contributed by atoms with Crippen molar-refractivity contribution in [2.75, 3.05) is 25.5 Å². The first-order valence-corrected chi connectivity index (χ1v) is 10.0. The molecule has 5 atom stereocenters. The summed E-state index contributed by atoms with van der Waals surface area (Å²) in [6.45, 7) is 8.71. The fourth-order valence-corrected chi connectivity index (χ4v) is 5.83. The van der Waals surface area contributed by atoms with Gasteiger partial charge in [-0.1, -0.05) is 25.5 Å². The first-order chi connectivity index (χ1) is 12.5. The highest BCUT2D eigenvalue weighted by Gasteiger charge is 2.55. The number of methoxy groups -OCH3 is 1. The van der Waals surface area contributed by atoms with Gasteiger partial charge in [0.2, 0.25) is 0 Å². The van der Waals surface area contributed by atoms with Crippen LogP contribution >= 0.6 is 0 Å². The number of ether oxygens (including phenoxy) is 1. The Morgan fingerprint density at radius 2 is 2.27 bits per heavy atom. The van der Waals surface area contributed by atoms with Crippen molar-refractivity contribution in [1.82, 2.24) is 4.90 Å². The summed E-state index contributed by atoms with van der Waals surface area (Å²) in [6.07, 6.45) is 4.99. The zero-order chi connectivity index (χ0) is 18.5. The molecule has 0 aromatic heterocycles. The van der Waals surface area contributed by atoms with Gasteiger partial charge in [-0.25, -0.2) is 0 Å². The SMILES string of the molecule is CC[C@@H]1CN2CC[C@]3(O)c4c(C)cccc4NC3[C@@H]2C[C@@H]1/C(C)=C\OC. The number of nitrogens with zero attached hydrogens (tertiary/aromatic N) is 1. The van der Waals surface area contributed by atoms with E-state index in [4.69, 9.17) is 4.74 Å². The summed E-state index contributed by atoms with van der Waals surface area (Å²) in [5.74, 6) is 1.18. The number of benzene rings is 1. The minimum absolute atomic E-state index is 0.0722. The van der Waals surface area contributed by atoms with Crippen LogP contribution in [-0.2, 0) is 10.3 Å². The molecule has 3 aliphatic rings. The number of hydrogen-bond donors (Lipinski definition) is 2. The third-order valence-electron chi connectivity index (χ3n) is 7.11. The zero-order valence-electron chi connectivity index (χ0n) is 16.5. The van der Waals surface area contributed by atoms with Crippen LogP contribution < -0.4 is 5.32 Å². The Bertz CT molecular complexity index is 716.